The van der Waals surface area contributed by atoms with E-state index in [4.69, 9.17) is 4.74 Å². The third-order valence-electron chi connectivity index (χ3n) is 7.20. The number of fused-ring (bicyclic) bond motifs is 1. The van der Waals surface area contributed by atoms with E-state index in [1.807, 2.05) is 13.8 Å². The van der Waals surface area contributed by atoms with Gasteiger partial charge in [0.1, 0.15) is 17.5 Å². The third-order valence-corrected chi connectivity index (χ3v) is 7.20. The van der Waals surface area contributed by atoms with E-state index in [9.17, 15) is 22.4 Å². The van der Waals surface area contributed by atoms with Gasteiger partial charge in [-0.2, -0.15) is 13.2 Å². The van der Waals surface area contributed by atoms with E-state index >= 15 is 0 Å². The van der Waals surface area contributed by atoms with Gasteiger partial charge in [0.2, 0.25) is 5.91 Å². The van der Waals surface area contributed by atoms with Gasteiger partial charge in [-0.3, -0.25) is 9.69 Å². The molecule has 0 aliphatic carbocycles. The summed E-state index contributed by atoms with van der Waals surface area (Å²) in [6.45, 7) is 4.65. The van der Waals surface area contributed by atoms with Crippen molar-refractivity contribution in [1.82, 2.24) is 19.5 Å². The van der Waals surface area contributed by atoms with Gasteiger partial charge in [0.05, 0.1) is 32.2 Å². The van der Waals surface area contributed by atoms with Gasteiger partial charge in [-0.15, -0.1) is 0 Å². The minimum atomic E-state index is -4.56. The fourth-order valence-electron chi connectivity index (χ4n) is 5.09. The van der Waals surface area contributed by atoms with Crippen LogP contribution in [0, 0.1) is 5.82 Å². The number of aromatic nitrogens is 4. The molecule has 0 atom stereocenters. The first kappa shape index (κ1) is 26.1. The highest BCUT2D eigenvalue weighted by molar-refractivity contribution is 6.00. The first-order valence-electron chi connectivity index (χ1n) is 12.9. The Hall–Kier alpha value is -4.12. The highest BCUT2D eigenvalue weighted by Crippen LogP contribution is 2.36. The lowest BCUT2D eigenvalue weighted by atomic mass is 9.96. The molecule has 0 spiro atoms. The van der Waals surface area contributed by atoms with Gasteiger partial charge in [-0.1, -0.05) is 50.2 Å². The molecule has 1 fully saturated rings. The average Bonchev–Trinajstić information content (AvgIpc) is 3.44. The van der Waals surface area contributed by atoms with E-state index in [2.05, 4.69) is 15.0 Å². The topological polar surface area (TPSA) is 73.1 Å². The SMILES string of the molecule is CC(C)c1c(F)cccc1-c1ncc2c(n1)N(Cc1ccc(-c3nc(C(F)(F)F)cn3C3COC3)cc1)C(=O)C2. The van der Waals surface area contributed by atoms with Crippen LogP contribution >= 0.6 is 0 Å². The molecule has 6 rings (SSSR count). The number of benzene rings is 2. The number of halogens is 4. The Bertz CT molecular complexity index is 1590. The first-order valence-corrected chi connectivity index (χ1v) is 12.9. The summed E-state index contributed by atoms with van der Waals surface area (Å²) in [5.41, 5.74) is 2.10. The maximum Gasteiger partial charge on any atom is 0.434 e. The standard InChI is InChI=1S/C29H25F4N5O2/c1-16(2)25-21(4-3-5-22(25)30)26-34-11-19-10-24(39)38(28(19)36-26)12-17-6-8-18(9-7-17)27-35-23(29(31,32)33)13-37(27)20-14-40-15-20/h3-9,11,13,16,20H,10,12,14-15H2,1-2H3. The quantitative estimate of drug-likeness (QED) is 0.277. The van der Waals surface area contributed by atoms with E-state index in [1.54, 1.807) is 47.5 Å². The molecule has 4 heterocycles. The second kappa shape index (κ2) is 9.81. The van der Waals surface area contributed by atoms with E-state index in [1.165, 1.54) is 10.6 Å². The Labute approximate surface area is 227 Å². The molecule has 2 aromatic carbocycles. The van der Waals surface area contributed by atoms with Crippen LogP contribution in [-0.2, 0) is 28.7 Å². The number of carbonyl (C=O) groups is 1. The molecule has 1 amide bonds. The summed E-state index contributed by atoms with van der Waals surface area (Å²) in [6, 6.07) is 11.5. The maximum absolute atomic E-state index is 14.6. The second-order valence-electron chi connectivity index (χ2n) is 10.3. The summed E-state index contributed by atoms with van der Waals surface area (Å²) in [7, 11) is 0. The minimum Gasteiger partial charge on any atom is -0.377 e. The van der Waals surface area contributed by atoms with Crippen LogP contribution in [0.4, 0.5) is 23.4 Å². The first-order chi connectivity index (χ1) is 19.1. The molecule has 11 heteroatoms. The van der Waals surface area contributed by atoms with Gasteiger partial charge < -0.3 is 9.30 Å². The molecule has 0 unspecified atom stereocenters. The van der Waals surface area contributed by atoms with Gasteiger partial charge in [0, 0.05) is 34.6 Å². The molecular formula is C29H25F4N5O2. The summed E-state index contributed by atoms with van der Waals surface area (Å²) in [4.78, 5) is 27.4. The molecule has 2 aliphatic heterocycles. The Morgan fingerprint density at radius 3 is 2.48 bits per heavy atom. The predicted molar refractivity (Wildman–Crippen MR) is 139 cm³/mol. The van der Waals surface area contributed by atoms with Gasteiger partial charge in [0.25, 0.3) is 0 Å². The highest BCUT2D eigenvalue weighted by atomic mass is 19.4. The average molecular weight is 552 g/mol. The lowest BCUT2D eigenvalue weighted by Crippen LogP contribution is -2.30. The number of carbonyl (C=O) groups excluding carboxylic acids is 1. The third kappa shape index (κ3) is 4.64. The smallest absolute Gasteiger partial charge is 0.377 e. The van der Waals surface area contributed by atoms with Crippen molar-refractivity contribution in [3.63, 3.8) is 0 Å². The number of imidazole rings is 1. The molecule has 4 aromatic rings. The molecule has 2 aromatic heterocycles. The lowest BCUT2D eigenvalue weighted by Gasteiger charge is -2.28. The van der Waals surface area contributed by atoms with Gasteiger partial charge in [0.15, 0.2) is 11.5 Å². The van der Waals surface area contributed by atoms with E-state index in [0.29, 0.717) is 47.1 Å². The van der Waals surface area contributed by atoms with Crippen LogP contribution in [0.15, 0.2) is 54.9 Å². The Morgan fingerprint density at radius 2 is 1.82 bits per heavy atom. The zero-order chi connectivity index (χ0) is 28.2. The summed E-state index contributed by atoms with van der Waals surface area (Å²) in [5.74, 6) is 0.437. The van der Waals surface area contributed by atoms with Crippen LogP contribution in [0.5, 0.6) is 0 Å². The predicted octanol–water partition coefficient (Wildman–Crippen LogP) is 5.95. The number of anilines is 1. The van der Waals surface area contributed by atoms with Crippen molar-refractivity contribution in [2.24, 2.45) is 0 Å². The van der Waals surface area contributed by atoms with Crippen molar-refractivity contribution in [2.45, 2.75) is 44.9 Å². The Balaban J connectivity index is 1.29. The number of amides is 1. The van der Waals surface area contributed by atoms with Crippen LogP contribution in [0.2, 0.25) is 0 Å². The van der Waals surface area contributed by atoms with Crippen LogP contribution in [0.3, 0.4) is 0 Å². The number of ether oxygens (including phenoxy) is 1. The molecule has 0 bridgehead atoms. The number of hydrogen-bond acceptors (Lipinski definition) is 5. The number of nitrogens with zero attached hydrogens (tertiary/aromatic N) is 5. The normalized spacial score (nSPS) is 15.6. The monoisotopic (exact) mass is 551 g/mol. The largest absolute Gasteiger partial charge is 0.434 e. The fourth-order valence-corrected chi connectivity index (χ4v) is 5.09. The van der Waals surface area contributed by atoms with Crippen LogP contribution in [0.25, 0.3) is 22.8 Å². The number of rotatable bonds is 6. The van der Waals surface area contributed by atoms with Gasteiger partial charge in [-0.05, 0) is 17.5 Å². The molecule has 0 saturated carbocycles. The molecule has 206 valence electrons. The summed E-state index contributed by atoms with van der Waals surface area (Å²) in [5, 5.41) is 0. The molecule has 0 N–H and O–H groups in total. The molecule has 7 nitrogen and oxygen atoms in total. The molecular weight excluding hydrogens is 526 g/mol. The van der Waals surface area contributed by atoms with Crippen molar-refractivity contribution < 1.29 is 27.1 Å². The van der Waals surface area contributed by atoms with Crippen molar-refractivity contribution in [3.05, 3.63) is 83.1 Å². The Morgan fingerprint density at radius 1 is 1.07 bits per heavy atom. The van der Waals surface area contributed by atoms with Crippen molar-refractivity contribution >= 4 is 11.7 Å². The summed E-state index contributed by atoms with van der Waals surface area (Å²) in [6.07, 6.45) is -1.78. The molecule has 1 saturated heterocycles. The van der Waals surface area contributed by atoms with Gasteiger partial charge >= 0.3 is 6.18 Å². The van der Waals surface area contributed by atoms with Gasteiger partial charge in [-0.25, -0.2) is 19.3 Å². The lowest BCUT2D eigenvalue weighted by molar-refractivity contribution is -0.141. The molecule has 2 aliphatic rings. The zero-order valence-electron chi connectivity index (χ0n) is 21.7. The fraction of sp³-hybridized carbons (Fsp3) is 0.310. The van der Waals surface area contributed by atoms with E-state index in [0.717, 1.165) is 11.8 Å². The van der Waals surface area contributed by atoms with E-state index in [-0.39, 0.29) is 42.5 Å². The van der Waals surface area contributed by atoms with E-state index < -0.39 is 11.9 Å². The summed E-state index contributed by atoms with van der Waals surface area (Å²) >= 11 is 0. The molecule has 0 radical (unpaired) electrons. The van der Waals surface area contributed by atoms with Crippen LogP contribution < -0.4 is 4.90 Å². The minimum absolute atomic E-state index is 0.0936. The summed E-state index contributed by atoms with van der Waals surface area (Å²) < 4.78 is 61.4. The highest BCUT2D eigenvalue weighted by Gasteiger charge is 2.37. The van der Waals surface area contributed by atoms with Crippen molar-refractivity contribution in [1.29, 1.82) is 0 Å². The molecule has 40 heavy (non-hydrogen) atoms. The van der Waals surface area contributed by atoms with Crippen molar-refractivity contribution in [3.8, 4) is 22.8 Å². The Kier molecular flexibility index (Phi) is 6.41. The van der Waals surface area contributed by atoms with Crippen molar-refractivity contribution in [2.75, 3.05) is 18.1 Å². The number of hydrogen-bond donors (Lipinski definition) is 0. The van der Waals surface area contributed by atoms with Crippen LogP contribution in [-0.4, -0.2) is 38.6 Å². The maximum atomic E-state index is 14.6. The second-order valence-corrected chi connectivity index (χ2v) is 10.3. The van der Waals surface area contributed by atoms with Crippen LogP contribution in [0.1, 0.15) is 48.2 Å². The zero-order valence-corrected chi connectivity index (χ0v) is 21.7. The number of alkyl halides is 3.